The zero-order valence-electron chi connectivity index (χ0n) is 8.22. The van der Waals surface area contributed by atoms with E-state index in [2.05, 4.69) is 10.2 Å². The van der Waals surface area contributed by atoms with Crippen LogP contribution in [-0.2, 0) is 4.79 Å². The van der Waals surface area contributed by atoms with Crippen LogP contribution in [0, 0.1) is 12.8 Å². The third-order valence-electron chi connectivity index (χ3n) is 1.89. The first-order chi connectivity index (χ1) is 6.50. The van der Waals surface area contributed by atoms with Crippen molar-refractivity contribution in [2.75, 3.05) is 0 Å². The summed E-state index contributed by atoms with van der Waals surface area (Å²) in [5, 5.41) is 17.5. The molecule has 1 N–H and O–H groups in total. The lowest BCUT2D eigenvalue weighted by molar-refractivity contribution is -0.140. The molecule has 2 unspecified atom stereocenters. The van der Waals surface area contributed by atoms with Gasteiger partial charge < -0.3 is 5.11 Å². The number of aromatic nitrogens is 2. The van der Waals surface area contributed by atoms with Gasteiger partial charge in [-0.15, -0.1) is 10.2 Å². The maximum absolute atomic E-state index is 10.7. The SMILES string of the molecule is Cc1nnc(SC(C)C(C)C(=O)O)s1. The minimum absolute atomic E-state index is 0.0137. The van der Waals surface area contributed by atoms with Gasteiger partial charge in [0.15, 0.2) is 4.34 Å². The normalized spacial score (nSPS) is 15.1. The summed E-state index contributed by atoms with van der Waals surface area (Å²) in [6, 6.07) is 0. The van der Waals surface area contributed by atoms with Crippen LogP contribution in [0.1, 0.15) is 18.9 Å². The molecule has 0 amide bonds. The first-order valence-electron chi connectivity index (χ1n) is 4.20. The molecule has 14 heavy (non-hydrogen) atoms. The Labute approximate surface area is 90.7 Å². The van der Waals surface area contributed by atoms with Gasteiger partial charge in [0.1, 0.15) is 5.01 Å². The number of nitrogens with zero attached hydrogens (tertiary/aromatic N) is 2. The van der Waals surface area contributed by atoms with Crippen molar-refractivity contribution in [2.24, 2.45) is 5.92 Å². The van der Waals surface area contributed by atoms with Gasteiger partial charge in [-0.1, -0.05) is 36.9 Å². The summed E-state index contributed by atoms with van der Waals surface area (Å²) < 4.78 is 0.836. The van der Waals surface area contributed by atoms with Crippen molar-refractivity contribution >= 4 is 29.1 Å². The molecule has 78 valence electrons. The number of carboxylic acids is 1. The van der Waals surface area contributed by atoms with Crippen molar-refractivity contribution in [1.82, 2.24) is 10.2 Å². The van der Waals surface area contributed by atoms with Crippen LogP contribution in [0.15, 0.2) is 4.34 Å². The molecule has 2 atom stereocenters. The van der Waals surface area contributed by atoms with Gasteiger partial charge in [-0.05, 0) is 6.92 Å². The Bertz CT molecular complexity index is 327. The van der Waals surface area contributed by atoms with Gasteiger partial charge in [0, 0.05) is 5.25 Å². The highest BCUT2D eigenvalue weighted by Gasteiger charge is 2.21. The molecule has 0 saturated heterocycles. The van der Waals surface area contributed by atoms with Crippen molar-refractivity contribution in [3.05, 3.63) is 5.01 Å². The maximum atomic E-state index is 10.7. The Morgan fingerprint density at radius 3 is 2.57 bits per heavy atom. The summed E-state index contributed by atoms with van der Waals surface area (Å²) in [6.45, 7) is 5.47. The molecule has 1 heterocycles. The molecule has 1 rings (SSSR count). The molecule has 0 aliphatic carbocycles. The fraction of sp³-hybridized carbons (Fsp3) is 0.625. The molecule has 0 saturated carbocycles. The number of hydrogen-bond acceptors (Lipinski definition) is 5. The largest absolute Gasteiger partial charge is 0.481 e. The topological polar surface area (TPSA) is 63.1 Å². The van der Waals surface area contributed by atoms with E-state index in [9.17, 15) is 4.79 Å². The molecule has 4 nitrogen and oxygen atoms in total. The van der Waals surface area contributed by atoms with Crippen LogP contribution in [0.2, 0.25) is 0 Å². The molecule has 0 aliphatic rings. The van der Waals surface area contributed by atoms with Gasteiger partial charge >= 0.3 is 5.97 Å². The zero-order valence-corrected chi connectivity index (χ0v) is 9.85. The summed E-state index contributed by atoms with van der Waals surface area (Å²) >= 11 is 2.96. The highest BCUT2D eigenvalue weighted by Crippen LogP contribution is 2.29. The first-order valence-corrected chi connectivity index (χ1v) is 5.90. The fourth-order valence-electron chi connectivity index (χ4n) is 0.788. The summed E-state index contributed by atoms with van der Waals surface area (Å²) in [5.74, 6) is -1.14. The number of thioether (sulfide) groups is 1. The smallest absolute Gasteiger partial charge is 0.307 e. The van der Waals surface area contributed by atoms with E-state index in [0.29, 0.717) is 0 Å². The minimum Gasteiger partial charge on any atom is -0.481 e. The van der Waals surface area contributed by atoms with Gasteiger partial charge in [0.05, 0.1) is 5.92 Å². The van der Waals surface area contributed by atoms with Gasteiger partial charge in [-0.25, -0.2) is 0 Å². The van der Waals surface area contributed by atoms with Gasteiger partial charge in [0.2, 0.25) is 0 Å². The first kappa shape index (κ1) is 11.5. The lowest BCUT2D eigenvalue weighted by Gasteiger charge is -2.12. The molecule has 0 bridgehead atoms. The van der Waals surface area contributed by atoms with Crippen molar-refractivity contribution < 1.29 is 9.90 Å². The molecule has 0 spiro atoms. The van der Waals surface area contributed by atoms with Gasteiger partial charge in [0.25, 0.3) is 0 Å². The number of aliphatic carboxylic acids is 1. The van der Waals surface area contributed by atoms with E-state index in [1.54, 1.807) is 6.92 Å². The Balaban J connectivity index is 2.56. The molecule has 1 aromatic heterocycles. The summed E-state index contributed by atoms with van der Waals surface area (Å²) in [5.41, 5.74) is 0. The standard InChI is InChI=1S/C8H12N2O2S2/c1-4(7(11)12)5(2)13-8-10-9-6(3)14-8/h4-5H,1-3H3,(H,11,12). The van der Waals surface area contributed by atoms with E-state index in [4.69, 9.17) is 5.11 Å². The van der Waals surface area contributed by atoms with Crippen LogP contribution in [0.3, 0.4) is 0 Å². The third-order valence-corrected chi connectivity index (χ3v) is 4.12. The molecule has 6 heteroatoms. The molecule has 0 aromatic carbocycles. The molecular weight excluding hydrogens is 220 g/mol. The van der Waals surface area contributed by atoms with E-state index < -0.39 is 5.97 Å². The number of rotatable bonds is 4. The summed E-state index contributed by atoms with van der Waals surface area (Å²) in [7, 11) is 0. The predicted octanol–water partition coefficient (Wildman–Crippen LogP) is 2.05. The highest BCUT2D eigenvalue weighted by atomic mass is 32.2. The molecule has 0 radical (unpaired) electrons. The maximum Gasteiger partial charge on any atom is 0.307 e. The second kappa shape index (κ2) is 4.75. The van der Waals surface area contributed by atoms with Gasteiger partial charge in [-0.3, -0.25) is 4.79 Å². The van der Waals surface area contributed by atoms with E-state index >= 15 is 0 Å². The molecule has 1 aromatic rings. The Hall–Kier alpha value is -0.620. The molecule has 0 aliphatic heterocycles. The van der Waals surface area contributed by atoms with E-state index in [1.165, 1.54) is 23.1 Å². The lowest BCUT2D eigenvalue weighted by atomic mass is 10.1. The Morgan fingerprint density at radius 2 is 2.14 bits per heavy atom. The monoisotopic (exact) mass is 232 g/mol. The molecular formula is C8H12N2O2S2. The Morgan fingerprint density at radius 1 is 1.50 bits per heavy atom. The second-order valence-electron chi connectivity index (χ2n) is 3.04. The van der Waals surface area contributed by atoms with E-state index in [-0.39, 0.29) is 11.2 Å². The van der Waals surface area contributed by atoms with Crippen molar-refractivity contribution in [2.45, 2.75) is 30.4 Å². The van der Waals surface area contributed by atoms with Crippen molar-refractivity contribution in [3.63, 3.8) is 0 Å². The van der Waals surface area contributed by atoms with Crippen LogP contribution in [0.25, 0.3) is 0 Å². The van der Waals surface area contributed by atoms with Crippen LogP contribution in [0.5, 0.6) is 0 Å². The van der Waals surface area contributed by atoms with Crippen LogP contribution in [0.4, 0.5) is 0 Å². The zero-order chi connectivity index (χ0) is 10.7. The van der Waals surface area contributed by atoms with Crippen molar-refractivity contribution in [3.8, 4) is 0 Å². The fourth-order valence-corrected chi connectivity index (χ4v) is 2.94. The average molecular weight is 232 g/mol. The third kappa shape index (κ3) is 2.95. The highest BCUT2D eigenvalue weighted by molar-refractivity contribution is 8.01. The van der Waals surface area contributed by atoms with Crippen LogP contribution in [-0.4, -0.2) is 26.5 Å². The quantitative estimate of drug-likeness (QED) is 0.805. The van der Waals surface area contributed by atoms with Crippen molar-refractivity contribution in [1.29, 1.82) is 0 Å². The predicted molar refractivity (Wildman–Crippen MR) is 56.8 cm³/mol. The van der Waals surface area contributed by atoms with Crippen LogP contribution < -0.4 is 0 Å². The molecule has 0 fully saturated rings. The Kier molecular flexibility index (Phi) is 3.88. The van der Waals surface area contributed by atoms with Gasteiger partial charge in [-0.2, -0.15) is 0 Å². The number of carboxylic acid groups (broad SMARTS) is 1. The van der Waals surface area contributed by atoms with Crippen LogP contribution >= 0.6 is 23.1 Å². The number of carbonyl (C=O) groups is 1. The summed E-state index contributed by atoms with van der Waals surface area (Å²) in [4.78, 5) is 10.7. The van der Waals surface area contributed by atoms with E-state index in [0.717, 1.165) is 9.35 Å². The number of aryl methyl sites for hydroxylation is 1. The van der Waals surface area contributed by atoms with E-state index in [1.807, 2.05) is 13.8 Å². The summed E-state index contributed by atoms with van der Waals surface area (Å²) in [6.07, 6.45) is 0. The second-order valence-corrected chi connectivity index (χ2v) is 5.84. The minimum atomic E-state index is -0.772. The number of hydrogen-bond donors (Lipinski definition) is 1. The lowest BCUT2D eigenvalue weighted by Crippen LogP contribution is -2.19. The average Bonchev–Trinajstić information content (AvgIpc) is 2.49.